The van der Waals surface area contributed by atoms with Gasteiger partial charge in [-0.15, -0.1) is 0 Å². The Labute approximate surface area is 88.9 Å². The summed E-state index contributed by atoms with van der Waals surface area (Å²) in [7, 11) is 0. The third-order valence-corrected chi connectivity index (χ3v) is 1.95. The van der Waals surface area contributed by atoms with Gasteiger partial charge in [-0.25, -0.2) is 0 Å². The van der Waals surface area contributed by atoms with Gasteiger partial charge in [-0.2, -0.15) is 0 Å². The molecule has 0 aliphatic rings. The summed E-state index contributed by atoms with van der Waals surface area (Å²) >= 11 is 1.21. The summed E-state index contributed by atoms with van der Waals surface area (Å²) in [6.07, 6.45) is 1.75. The quantitative estimate of drug-likeness (QED) is 0.701. The van der Waals surface area contributed by atoms with Crippen molar-refractivity contribution in [2.75, 3.05) is 19.5 Å². The first-order valence-electron chi connectivity index (χ1n) is 4.31. The lowest BCUT2D eigenvalue weighted by Gasteiger charge is -2.15. The van der Waals surface area contributed by atoms with Gasteiger partial charge < -0.3 is 4.74 Å². The minimum atomic E-state index is -0.407. The first kappa shape index (κ1) is 13.4. The van der Waals surface area contributed by atoms with Crippen LogP contribution in [0.2, 0.25) is 0 Å². The van der Waals surface area contributed by atoms with Crippen molar-refractivity contribution in [1.29, 1.82) is 0 Å². The van der Waals surface area contributed by atoms with E-state index < -0.39 is 5.41 Å². The first-order chi connectivity index (χ1) is 6.38. The molecule has 0 fully saturated rings. The van der Waals surface area contributed by atoms with Crippen LogP contribution in [0.15, 0.2) is 0 Å². The van der Waals surface area contributed by atoms with E-state index in [-0.39, 0.29) is 24.9 Å². The van der Waals surface area contributed by atoms with Crippen LogP contribution in [0.25, 0.3) is 0 Å². The van der Waals surface area contributed by atoms with Gasteiger partial charge in [0.05, 0.1) is 0 Å². The van der Waals surface area contributed by atoms with Gasteiger partial charge in [0.25, 0.3) is 5.91 Å². The van der Waals surface area contributed by atoms with Gasteiger partial charge in [-0.1, -0.05) is 32.7 Å². The highest BCUT2D eigenvalue weighted by molar-refractivity contribution is 7.97. The number of carbonyl (C=O) groups excluding carboxylic acids is 2. The Morgan fingerprint density at radius 2 is 1.86 bits per heavy atom. The van der Waals surface area contributed by atoms with Crippen molar-refractivity contribution in [2.45, 2.75) is 20.8 Å². The maximum absolute atomic E-state index is 11.3. The van der Waals surface area contributed by atoms with Gasteiger partial charge in [0.2, 0.25) is 0 Å². The largest absolute Gasteiger partial charge is 0.364 e. The van der Waals surface area contributed by atoms with E-state index in [9.17, 15) is 9.59 Å². The summed E-state index contributed by atoms with van der Waals surface area (Å²) < 4.78 is 7.46. The molecule has 0 aromatic carbocycles. The molecule has 0 saturated heterocycles. The molecule has 1 amide bonds. The molecule has 5 heteroatoms. The third-order valence-electron chi connectivity index (χ3n) is 1.52. The lowest BCUT2D eigenvalue weighted by molar-refractivity contribution is -0.133. The van der Waals surface area contributed by atoms with Crippen molar-refractivity contribution in [3.05, 3.63) is 0 Å². The number of amides is 1. The fourth-order valence-corrected chi connectivity index (χ4v) is 0.883. The summed E-state index contributed by atoms with van der Waals surface area (Å²) in [6.45, 7) is 5.38. The molecule has 0 rings (SSSR count). The molecule has 0 heterocycles. The number of ketones is 1. The standard InChI is InChI=1S/C9H17NO3S/c1-9(2,3)7(11)5-13-6-8(12)10-14-4/h5-6H2,1-4H3,(H,10,12). The molecule has 0 aromatic heterocycles. The minimum Gasteiger partial charge on any atom is -0.364 e. The van der Waals surface area contributed by atoms with Gasteiger partial charge >= 0.3 is 0 Å². The van der Waals surface area contributed by atoms with Crippen molar-refractivity contribution in [2.24, 2.45) is 5.41 Å². The van der Waals surface area contributed by atoms with Crippen LogP contribution in [0.3, 0.4) is 0 Å². The molecular weight excluding hydrogens is 202 g/mol. The molecule has 14 heavy (non-hydrogen) atoms. The van der Waals surface area contributed by atoms with Crippen molar-refractivity contribution < 1.29 is 14.3 Å². The average Bonchev–Trinajstić information content (AvgIpc) is 2.02. The summed E-state index contributed by atoms with van der Waals surface area (Å²) in [5.41, 5.74) is -0.407. The second-order valence-electron chi connectivity index (χ2n) is 3.90. The lowest BCUT2D eigenvalue weighted by Crippen LogP contribution is -2.28. The molecule has 0 radical (unpaired) electrons. The normalized spacial score (nSPS) is 11.1. The number of hydrogen-bond donors (Lipinski definition) is 1. The van der Waals surface area contributed by atoms with E-state index in [1.165, 1.54) is 11.9 Å². The summed E-state index contributed by atoms with van der Waals surface area (Å²) in [4.78, 5) is 22.2. The van der Waals surface area contributed by atoms with E-state index in [1.54, 1.807) is 6.26 Å². The van der Waals surface area contributed by atoms with E-state index in [0.717, 1.165) is 0 Å². The zero-order chi connectivity index (χ0) is 11.2. The Morgan fingerprint density at radius 3 is 2.29 bits per heavy atom. The Bertz CT molecular complexity index is 211. The number of nitrogens with one attached hydrogen (secondary N) is 1. The van der Waals surface area contributed by atoms with E-state index in [4.69, 9.17) is 4.74 Å². The van der Waals surface area contributed by atoms with Crippen LogP contribution in [0, 0.1) is 5.41 Å². The molecule has 0 atom stereocenters. The lowest BCUT2D eigenvalue weighted by atomic mass is 9.91. The van der Waals surface area contributed by atoms with Crippen LogP contribution < -0.4 is 4.72 Å². The molecule has 0 unspecified atom stereocenters. The molecule has 4 nitrogen and oxygen atoms in total. The molecule has 0 aliphatic heterocycles. The van der Waals surface area contributed by atoms with Gasteiger partial charge in [0.1, 0.15) is 13.2 Å². The summed E-state index contributed by atoms with van der Waals surface area (Å²) in [5.74, 6) is -0.228. The summed E-state index contributed by atoms with van der Waals surface area (Å²) in [6, 6.07) is 0. The molecule has 0 bridgehead atoms. The highest BCUT2D eigenvalue weighted by atomic mass is 32.2. The van der Waals surface area contributed by atoms with E-state index in [2.05, 4.69) is 4.72 Å². The van der Waals surface area contributed by atoms with Crippen molar-refractivity contribution in [3.63, 3.8) is 0 Å². The van der Waals surface area contributed by atoms with E-state index in [1.807, 2.05) is 20.8 Å². The molecule has 1 N–H and O–H groups in total. The Morgan fingerprint density at radius 1 is 1.29 bits per heavy atom. The molecule has 0 saturated carbocycles. The van der Waals surface area contributed by atoms with Crippen molar-refractivity contribution in [3.8, 4) is 0 Å². The predicted octanol–water partition coefficient (Wildman–Crippen LogP) is 1.01. The Kier molecular flexibility index (Phi) is 5.79. The van der Waals surface area contributed by atoms with Crippen LogP contribution in [0.5, 0.6) is 0 Å². The number of Topliss-reactive ketones (excluding diaryl/α,β-unsaturated/α-hetero) is 1. The van der Waals surface area contributed by atoms with Crippen LogP contribution >= 0.6 is 11.9 Å². The van der Waals surface area contributed by atoms with Crippen molar-refractivity contribution in [1.82, 2.24) is 4.72 Å². The van der Waals surface area contributed by atoms with Crippen LogP contribution in [0.1, 0.15) is 20.8 Å². The average molecular weight is 219 g/mol. The predicted molar refractivity (Wildman–Crippen MR) is 56.9 cm³/mol. The van der Waals surface area contributed by atoms with Crippen LogP contribution in [-0.2, 0) is 14.3 Å². The van der Waals surface area contributed by atoms with Crippen LogP contribution in [-0.4, -0.2) is 31.2 Å². The highest BCUT2D eigenvalue weighted by Gasteiger charge is 2.21. The Balaban J connectivity index is 3.65. The molecular formula is C9H17NO3S. The van der Waals surface area contributed by atoms with E-state index in [0.29, 0.717) is 0 Å². The smallest absolute Gasteiger partial charge is 0.255 e. The number of ether oxygens (including phenoxy) is 1. The molecule has 0 aromatic rings. The molecule has 82 valence electrons. The Hall–Kier alpha value is -0.550. The SMILES string of the molecule is CSNC(=O)COCC(=O)C(C)(C)C. The topological polar surface area (TPSA) is 55.4 Å². The fourth-order valence-electron chi connectivity index (χ4n) is 0.596. The number of carbonyl (C=O) groups is 2. The second kappa shape index (κ2) is 6.03. The number of rotatable bonds is 5. The van der Waals surface area contributed by atoms with E-state index >= 15 is 0 Å². The number of hydrogen-bond acceptors (Lipinski definition) is 4. The first-order valence-corrected chi connectivity index (χ1v) is 5.53. The third kappa shape index (κ3) is 5.99. The zero-order valence-corrected chi connectivity index (χ0v) is 9.86. The maximum Gasteiger partial charge on any atom is 0.255 e. The van der Waals surface area contributed by atoms with Gasteiger partial charge in [-0.05, 0) is 0 Å². The minimum absolute atomic E-state index is 0.00514. The maximum atomic E-state index is 11.3. The van der Waals surface area contributed by atoms with Crippen LogP contribution in [0.4, 0.5) is 0 Å². The van der Waals surface area contributed by atoms with Crippen molar-refractivity contribution >= 4 is 23.6 Å². The van der Waals surface area contributed by atoms with Gasteiger partial charge in [0, 0.05) is 11.7 Å². The fraction of sp³-hybridized carbons (Fsp3) is 0.778. The monoisotopic (exact) mass is 219 g/mol. The zero-order valence-electron chi connectivity index (χ0n) is 9.05. The van der Waals surface area contributed by atoms with Gasteiger partial charge in [0.15, 0.2) is 5.78 Å². The van der Waals surface area contributed by atoms with Gasteiger partial charge in [-0.3, -0.25) is 14.3 Å². The molecule has 0 spiro atoms. The second-order valence-corrected chi connectivity index (χ2v) is 4.51. The summed E-state index contributed by atoms with van der Waals surface area (Å²) in [5, 5.41) is 0. The highest BCUT2D eigenvalue weighted by Crippen LogP contribution is 2.14. The molecule has 0 aliphatic carbocycles.